The zero-order chi connectivity index (χ0) is 18.3. The number of nitrogens with one attached hydrogen (secondary N) is 1. The molecule has 0 radical (unpaired) electrons. The summed E-state index contributed by atoms with van der Waals surface area (Å²) in [6.07, 6.45) is 1.64. The van der Waals surface area contributed by atoms with Crippen LogP contribution in [-0.2, 0) is 15.8 Å². The molecular formula is C17H22N2O4S2. The molecule has 1 heterocycles. The van der Waals surface area contributed by atoms with Crippen molar-refractivity contribution in [1.29, 1.82) is 0 Å². The highest BCUT2D eigenvalue weighted by Gasteiger charge is 2.16. The smallest absolute Gasteiger partial charge is 0.251 e. The van der Waals surface area contributed by atoms with Gasteiger partial charge in [0.15, 0.2) is 0 Å². The van der Waals surface area contributed by atoms with Gasteiger partial charge in [0, 0.05) is 24.9 Å². The molecule has 1 aromatic carbocycles. The van der Waals surface area contributed by atoms with Crippen LogP contribution in [0.3, 0.4) is 0 Å². The van der Waals surface area contributed by atoms with E-state index in [4.69, 9.17) is 4.42 Å². The summed E-state index contributed by atoms with van der Waals surface area (Å²) in [5.74, 6) is 2.32. The SMILES string of the molecule is CCS(=O)(=O)N(C)c1ccc(C(=O)NCCSCc2ccco2)cc1. The summed E-state index contributed by atoms with van der Waals surface area (Å²) in [5, 5.41) is 2.85. The van der Waals surface area contributed by atoms with Gasteiger partial charge in [-0.1, -0.05) is 0 Å². The quantitative estimate of drug-likeness (QED) is 0.675. The zero-order valence-electron chi connectivity index (χ0n) is 14.3. The molecule has 0 aliphatic carbocycles. The van der Waals surface area contributed by atoms with E-state index in [1.807, 2.05) is 12.1 Å². The molecule has 2 aromatic rings. The first-order chi connectivity index (χ1) is 11.9. The highest BCUT2D eigenvalue weighted by Crippen LogP contribution is 2.17. The van der Waals surface area contributed by atoms with Gasteiger partial charge in [0.05, 0.1) is 23.5 Å². The fraction of sp³-hybridized carbons (Fsp3) is 0.353. The van der Waals surface area contributed by atoms with Crippen molar-refractivity contribution in [3.8, 4) is 0 Å². The van der Waals surface area contributed by atoms with Crippen molar-refractivity contribution in [3.63, 3.8) is 0 Å². The molecule has 2 rings (SSSR count). The van der Waals surface area contributed by atoms with E-state index >= 15 is 0 Å². The van der Waals surface area contributed by atoms with Crippen molar-refractivity contribution < 1.29 is 17.6 Å². The maximum atomic E-state index is 12.1. The Morgan fingerprint density at radius 1 is 1.24 bits per heavy atom. The molecule has 1 N–H and O–H groups in total. The fourth-order valence-corrected chi connectivity index (χ4v) is 3.67. The van der Waals surface area contributed by atoms with Crippen molar-refractivity contribution in [2.45, 2.75) is 12.7 Å². The van der Waals surface area contributed by atoms with Gasteiger partial charge in [-0.15, -0.1) is 0 Å². The van der Waals surface area contributed by atoms with Gasteiger partial charge >= 0.3 is 0 Å². The number of hydrogen-bond donors (Lipinski definition) is 1. The maximum Gasteiger partial charge on any atom is 0.251 e. The molecule has 0 saturated heterocycles. The number of rotatable bonds is 9. The maximum absolute atomic E-state index is 12.1. The summed E-state index contributed by atoms with van der Waals surface area (Å²) in [6, 6.07) is 10.3. The minimum absolute atomic E-state index is 0.0292. The third kappa shape index (κ3) is 5.54. The van der Waals surface area contributed by atoms with Crippen molar-refractivity contribution in [3.05, 3.63) is 54.0 Å². The van der Waals surface area contributed by atoms with E-state index in [1.54, 1.807) is 49.2 Å². The first-order valence-electron chi connectivity index (χ1n) is 7.89. The van der Waals surface area contributed by atoms with Gasteiger partial charge in [0.2, 0.25) is 10.0 Å². The predicted molar refractivity (Wildman–Crippen MR) is 102 cm³/mol. The monoisotopic (exact) mass is 382 g/mol. The Bertz CT molecular complexity index is 771. The number of anilines is 1. The van der Waals surface area contributed by atoms with Crippen molar-refractivity contribution in [2.24, 2.45) is 0 Å². The van der Waals surface area contributed by atoms with Crippen LogP contribution in [0.1, 0.15) is 23.0 Å². The highest BCUT2D eigenvalue weighted by molar-refractivity contribution is 7.98. The first-order valence-corrected chi connectivity index (χ1v) is 10.7. The topological polar surface area (TPSA) is 79.6 Å². The molecule has 1 amide bonds. The van der Waals surface area contributed by atoms with E-state index in [0.29, 0.717) is 17.8 Å². The second-order valence-electron chi connectivity index (χ2n) is 5.30. The summed E-state index contributed by atoms with van der Waals surface area (Å²) in [4.78, 5) is 12.1. The van der Waals surface area contributed by atoms with Crippen molar-refractivity contribution in [1.82, 2.24) is 5.32 Å². The highest BCUT2D eigenvalue weighted by atomic mass is 32.2. The van der Waals surface area contributed by atoms with Gasteiger partial charge < -0.3 is 9.73 Å². The van der Waals surface area contributed by atoms with Crippen LogP contribution in [-0.4, -0.2) is 39.4 Å². The van der Waals surface area contributed by atoms with E-state index in [1.165, 1.54) is 11.4 Å². The summed E-state index contributed by atoms with van der Waals surface area (Å²) >= 11 is 1.68. The lowest BCUT2D eigenvalue weighted by Gasteiger charge is -2.18. The van der Waals surface area contributed by atoms with Crippen LogP contribution in [0.5, 0.6) is 0 Å². The van der Waals surface area contributed by atoms with Gasteiger partial charge in [0.1, 0.15) is 5.76 Å². The Balaban J connectivity index is 1.80. The Morgan fingerprint density at radius 3 is 2.56 bits per heavy atom. The fourth-order valence-electron chi connectivity index (χ4n) is 2.08. The van der Waals surface area contributed by atoms with Gasteiger partial charge in [-0.3, -0.25) is 9.10 Å². The molecule has 0 atom stereocenters. The molecule has 1 aromatic heterocycles. The third-order valence-electron chi connectivity index (χ3n) is 3.63. The molecular weight excluding hydrogens is 360 g/mol. The molecule has 6 nitrogen and oxygen atoms in total. The molecule has 8 heteroatoms. The molecule has 0 spiro atoms. The van der Waals surface area contributed by atoms with Crippen LogP contribution in [0.15, 0.2) is 47.1 Å². The zero-order valence-corrected chi connectivity index (χ0v) is 15.9. The number of nitrogens with zero attached hydrogens (tertiary/aromatic N) is 1. The average Bonchev–Trinajstić information content (AvgIpc) is 3.14. The molecule has 0 fully saturated rings. The summed E-state index contributed by atoms with van der Waals surface area (Å²) in [7, 11) is -1.80. The van der Waals surface area contributed by atoms with Crippen LogP contribution in [0.4, 0.5) is 5.69 Å². The number of thioether (sulfide) groups is 1. The summed E-state index contributed by atoms with van der Waals surface area (Å²) < 4.78 is 30.1. The van der Waals surface area contributed by atoms with Crippen molar-refractivity contribution in [2.75, 3.05) is 29.4 Å². The summed E-state index contributed by atoms with van der Waals surface area (Å²) in [6.45, 7) is 2.15. The van der Waals surface area contributed by atoms with Gasteiger partial charge in [-0.25, -0.2) is 8.42 Å². The number of amides is 1. The molecule has 25 heavy (non-hydrogen) atoms. The lowest BCUT2D eigenvalue weighted by atomic mass is 10.2. The van der Waals surface area contributed by atoms with E-state index < -0.39 is 10.0 Å². The standard InChI is InChI=1S/C17H22N2O4S2/c1-3-25(21,22)19(2)15-8-6-14(7-9-15)17(20)18-10-12-24-13-16-5-4-11-23-16/h4-9,11H,3,10,12-13H2,1-2H3,(H,18,20). The molecule has 0 unspecified atom stereocenters. The van der Waals surface area contributed by atoms with Crippen LogP contribution >= 0.6 is 11.8 Å². The summed E-state index contributed by atoms with van der Waals surface area (Å²) in [5.41, 5.74) is 1.04. The molecule has 136 valence electrons. The predicted octanol–water partition coefficient (Wildman–Crippen LogP) is 2.73. The van der Waals surface area contributed by atoms with Crippen molar-refractivity contribution >= 4 is 33.4 Å². The van der Waals surface area contributed by atoms with E-state index in [9.17, 15) is 13.2 Å². The van der Waals surface area contributed by atoms with Gasteiger partial charge in [-0.05, 0) is 43.3 Å². The van der Waals surface area contributed by atoms with E-state index in [2.05, 4.69) is 5.32 Å². The number of hydrogen-bond acceptors (Lipinski definition) is 5. The second-order valence-corrected chi connectivity index (χ2v) is 8.70. The van der Waals surface area contributed by atoms with Crippen LogP contribution in [0, 0.1) is 0 Å². The first kappa shape index (κ1) is 19.4. The van der Waals surface area contributed by atoms with Crippen LogP contribution in [0.25, 0.3) is 0 Å². The Morgan fingerprint density at radius 2 is 1.96 bits per heavy atom. The Labute approximate surface area is 152 Å². The largest absolute Gasteiger partial charge is 0.468 e. The molecule has 0 aliphatic heterocycles. The molecule has 0 saturated carbocycles. The number of carbonyl (C=O) groups is 1. The van der Waals surface area contributed by atoms with E-state index in [0.717, 1.165) is 17.3 Å². The minimum atomic E-state index is -3.30. The van der Waals surface area contributed by atoms with Crippen LogP contribution in [0.2, 0.25) is 0 Å². The Kier molecular flexibility index (Phi) is 6.95. The average molecular weight is 383 g/mol. The minimum Gasteiger partial charge on any atom is -0.468 e. The Hall–Kier alpha value is -1.93. The third-order valence-corrected chi connectivity index (χ3v) is 6.39. The number of carbonyl (C=O) groups excluding carboxylic acids is 1. The normalized spacial score (nSPS) is 11.3. The van der Waals surface area contributed by atoms with Gasteiger partial charge in [0.25, 0.3) is 5.91 Å². The van der Waals surface area contributed by atoms with E-state index in [-0.39, 0.29) is 11.7 Å². The number of benzene rings is 1. The van der Waals surface area contributed by atoms with Crippen LogP contribution < -0.4 is 9.62 Å². The second kappa shape index (κ2) is 8.96. The lowest BCUT2D eigenvalue weighted by Crippen LogP contribution is -2.28. The van der Waals surface area contributed by atoms with Gasteiger partial charge in [-0.2, -0.15) is 11.8 Å². The molecule has 0 aliphatic rings. The number of furan rings is 1. The molecule has 0 bridgehead atoms. The lowest BCUT2D eigenvalue weighted by molar-refractivity contribution is 0.0956. The number of sulfonamides is 1.